The molecule has 0 aromatic heterocycles. The van der Waals surface area contributed by atoms with Crippen molar-refractivity contribution in [1.29, 1.82) is 0 Å². The molecule has 0 aliphatic rings. The normalized spacial score (nSPS) is 12.9. The maximum Gasteiger partial charge on any atom is 0.0455 e. The van der Waals surface area contributed by atoms with Crippen LogP contribution in [-0.2, 0) is 0 Å². The van der Waals surface area contributed by atoms with Crippen LogP contribution in [-0.4, -0.2) is 6.54 Å². The smallest absolute Gasteiger partial charge is 0.0455 e. The van der Waals surface area contributed by atoms with Crippen LogP contribution in [0.3, 0.4) is 0 Å². The fraction of sp³-hybridized carbons (Fsp3) is 0.455. The standard InChI is InChI=1S/C11H15Cl2N/c1-8(3-2-6-14)10-5-4-9(12)7-11(10)13/h4-5,7-8H,2-3,6,14H2,1H3. The van der Waals surface area contributed by atoms with Crippen LogP contribution < -0.4 is 5.73 Å². The summed E-state index contributed by atoms with van der Waals surface area (Å²) in [6.07, 6.45) is 2.10. The molecule has 1 aromatic carbocycles. The van der Waals surface area contributed by atoms with Crippen molar-refractivity contribution in [3.8, 4) is 0 Å². The molecule has 0 saturated carbocycles. The molecule has 0 amide bonds. The molecule has 78 valence electrons. The molecule has 0 heterocycles. The molecular weight excluding hydrogens is 217 g/mol. The van der Waals surface area contributed by atoms with Gasteiger partial charge in [-0.1, -0.05) is 36.2 Å². The Bertz CT molecular complexity index is 299. The van der Waals surface area contributed by atoms with Crippen molar-refractivity contribution < 1.29 is 0 Å². The molecule has 1 atom stereocenters. The van der Waals surface area contributed by atoms with E-state index in [1.807, 2.05) is 12.1 Å². The second-order valence-electron chi connectivity index (χ2n) is 3.50. The molecule has 0 aliphatic heterocycles. The Labute approximate surface area is 95.2 Å². The van der Waals surface area contributed by atoms with Gasteiger partial charge in [0, 0.05) is 10.0 Å². The third kappa shape index (κ3) is 3.16. The Morgan fingerprint density at radius 3 is 2.64 bits per heavy atom. The zero-order valence-corrected chi connectivity index (χ0v) is 9.78. The summed E-state index contributed by atoms with van der Waals surface area (Å²) in [4.78, 5) is 0. The van der Waals surface area contributed by atoms with E-state index in [9.17, 15) is 0 Å². The number of rotatable bonds is 4. The minimum atomic E-state index is 0.448. The first-order valence-electron chi connectivity index (χ1n) is 4.80. The molecular formula is C11H15Cl2N. The van der Waals surface area contributed by atoms with E-state index >= 15 is 0 Å². The topological polar surface area (TPSA) is 26.0 Å². The van der Waals surface area contributed by atoms with Crippen LogP contribution in [0.25, 0.3) is 0 Å². The third-order valence-corrected chi connectivity index (χ3v) is 2.90. The van der Waals surface area contributed by atoms with Crippen LogP contribution in [0.15, 0.2) is 18.2 Å². The van der Waals surface area contributed by atoms with Crippen LogP contribution in [0.1, 0.15) is 31.2 Å². The number of hydrogen-bond donors (Lipinski definition) is 1. The predicted molar refractivity (Wildman–Crippen MR) is 63.2 cm³/mol. The Morgan fingerprint density at radius 1 is 1.36 bits per heavy atom. The van der Waals surface area contributed by atoms with Gasteiger partial charge < -0.3 is 5.73 Å². The van der Waals surface area contributed by atoms with Crippen LogP contribution in [0, 0.1) is 0 Å². The lowest BCUT2D eigenvalue weighted by Gasteiger charge is -2.13. The van der Waals surface area contributed by atoms with Gasteiger partial charge in [0.05, 0.1) is 0 Å². The Kier molecular flexibility index (Phi) is 4.73. The molecule has 3 heteroatoms. The first-order valence-corrected chi connectivity index (χ1v) is 5.55. The first-order chi connectivity index (χ1) is 6.65. The van der Waals surface area contributed by atoms with Crippen molar-refractivity contribution in [2.45, 2.75) is 25.7 Å². The summed E-state index contributed by atoms with van der Waals surface area (Å²) < 4.78 is 0. The second-order valence-corrected chi connectivity index (χ2v) is 4.34. The van der Waals surface area contributed by atoms with E-state index < -0.39 is 0 Å². The summed E-state index contributed by atoms with van der Waals surface area (Å²) >= 11 is 11.9. The molecule has 0 bridgehead atoms. The van der Waals surface area contributed by atoms with Gasteiger partial charge in [-0.25, -0.2) is 0 Å². The number of nitrogens with two attached hydrogens (primary N) is 1. The number of halogens is 2. The van der Waals surface area contributed by atoms with Gasteiger partial charge in [-0.2, -0.15) is 0 Å². The average molecular weight is 232 g/mol. The van der Waals surface area contributed by atoms with Crippen molar-refractivity contribution in [1.82, 2.24) is 0 Å². The van der Waals surface area contributed by atoms with Crippen molar-refractivity contribution in [2.24, 2.45) is 5.73 Å². The summed E-state index contributed by atoms with van der Waals surface area (Å²) in [6.45, 7) is 2.89. The predicted octanol–water partition coefficient (Wildman–Crippen LogP) is 3.84. The fourth-order valence-electron chi connectivity index (χ4n) is 1.48. The summed E-state index contributed by atoms with van der Waals surface area (Å²) in [5.74, 6) is 0.448. The highest BCUT2D eigenvalue weighted by atomic mass is 35.5. The molecule has 0 spiro atoms. The van der Waals surface area contributed by atoms with Gasteiger partial charge in [0.1, 0.15) is 0 Å². The summed E-state index contributed by atoms with van der Waals surface area (Å²) in [5.41, 5.74) is 6.62. The minimum absolute atomic E-state index is 0.448. The summed E-state index contributed by atoms with van der Waals surface area (Å²) in [6, 6.07) is 5.66. The molecule has 0 radical (unpaired) electrons. The van der Waals surface area contributed by atoms with Gasteiger partial charge in [-0.3, -0.25) is 0 Å². The number of benzene rings is 1. The van der Waals surface area contributed by atoms with Crippen molar-refractivity contribution in [3.05, 3.63) is 33.8 Å². The molecule has 2 N–H and O–H groups in total. The highest BCUT2D eigenvalue weighted by molar-refractivity contribution is 6.35. The molecule has 1 rings (SSSR count). The van der Waals surface area contributed by atoms with E-state index in [0.717, 1.165) is 30.0 Å². The van der Waals surface area contributed by atoms with Crippen LogP contribution in [0.4, 0.5) is 0 Å². The van der Waals surface area contributed by atoms with E-state index in [-0.39, 0.29) is 0 Å². The quantitative estimate of drug-likeness (QED) is 0.838. The molecule has 1 unspecified atom stereocenters. The van der Waals surface area contributed by atoms with Crippen LogP contribution in [0.2, 0.25) is 10.0 Å². The third-order valence-electron chi connectivity index (χ3n) is 2.33. The Balaban J connectivity index is 2.74. The number of hydrogen-bond acceptors (Lipinski definition) is 1. The van der Waals surface area contributed by atoms with E-state index in [0.29, 0.717) is 10.9 Å². The molecule has 0 fully saturated rings. The SMILES string of the molecule is CC(CCCN)c1ccc(Cl)cc1Cl. The van der Waals surface area contributed by atoms with Gasteiger partial charge in [0.2, 0.25) is 0 Å². The molecule has 0 aliphatic carbocycles. The van der Waals surface area contributed by atoms with Crippen molar-refractivity contribution >= 4 is 23.2 Å². The molecule has 0 saturated heterocycles. The molecule has 14 heavy (non-hydrogen) atoms. The largest absolute Gasteiger partial charge is 0.330 e. The highest BCUT2D eigenvalue weighted by Gasteiger charge is 2.09. The highest BCUT2D eigenvalue weighted by Crippen LogP contribution is 2.29. The van der Waals surface area contributed by atoms with Gasteiger partial charge in [-0.15, -0.1) is 0 Å². The minimum Gasteiger partial charge on any atom is -0.330 e. The maximum atomic E-state index is 6.09. The van der Waals surface area contributed by atoms with Crippen LogP contribution >= 0.6 is 23.2 Å². The lowest BCUT2D eigenvalue weighted by Crippen LogP contribution is -2.02. The second kappa shape index (κ2) is 5.59. The van der Waals surface area contributed by atoms with Gasteiger partial charge >= 0.3 is 0 Å². The maximum absolute atomic E-state index is 6.09. The Hall–Kier alpha value is -0.240. The van der Waals surface area contributed by atoms with Gasteiger partial charge in [0.15, 0.2) is 0 Å². The zero-order chi connectivity index (χ0) is 10.6. The van der Waals surface area contributed by atoms with Crippen molar-refractivity contribution in [2.75, 3.05) is 6.54 Å². The van der Waals surface area contributed by atoms with Gasteiger partial charge in [-0.05, 0) is 43.0 Å². The molecule has 1 aromatic rings. The zero-order valence-electron chi connectivity index (χ0n) is 8.26. The van der Waals surface area contributed by atoms with E-state index in [1.54, 1.807) is 6.07 Å². The summed E-state index contributed by atoms with van der Waals surface area (Å²) in [7, 11) is 0. The fourth-order valence-corrected chi connectivity index (χ4v) is 2.08. The van der Waals surface area contributed by atoms with E-state index in [1.165, 1.54) is 0 Å². The monoisotopic (exact) mass is 231 g/mol. The lowest BCUT2D eigenvalue weighted by atomic mass is 9.96. The van der Waals surface area contributed by atoms with E-state index in [2.05, 4.69) is 6.92 Å². The van der Waals surface area contributed by atoms with E-state index in [4.69, 9.17) is 28.9 Å². The summed E-state index contributed by atoms with van der Waals surface area (Å²) in [5, 5.41) is 1.44. The van der Waals surface area contributed by atoms with Gasteiger partial charge in [0.25, 0.3) is 0 Å². The van der Waals surface area contributed by atoms with Crippen LogP contribution in [0.5, 0.6) is 0 Å². The van der Waals surface area contributed by atoms with Crippen molar-refractivity contribution in [3.63, 3.8) is 0 Å². The first kappa shape index (κ1) is 11.8. The molecule has 1 nitrogen and oxygen atoms in total. The lowest BCUT2D eigenvalue weighted by molar-refractivity contribution is 0.641. The average Bonchev–Trinajstić information content (AvgIpc) is 2.14. The Morgan fingerprint density at radius 2 is 2.07 bits per heavy atom.